The average Bonchev–Trinajstić information content (AvgIpc) is 2.19. The van der Waals surface area contributed by atoms with Crippen LogP contribution in [0.2, 0.25) is 0 Å². The van der Waals surface area contributed by atoms with Gasteiger partial charge in [-0.1, -0.05) is 0 Å². The van der Waals surface area contributed by atoms with Crippen molar-refractivity contribution in [2.75, 3.05) is 26.3 Å². The smallest absolute Gasteiger partial charge is 0.104 e. The van der Waals surface area contributed by atoms with Crippen molar-refractivity contribution < 1.29 is 4.74 Å². The van der Waals surface area contributed by atoms with E-state index in [9.17, 15) is 0 Å². The number of morpholine rings is 1. The lowest BCUT2D eigenvalue weighted by Crippen LogP contribution is -2.44. The molecule has 4 heteroatoms. The maximum absolute atomic E-state index is 5.72. The Balaban J connectivity index is 1.94. The van der Waals surface area contributed by atoms with E-state index in [0.717, 1.165) is 45.0 Å². The van der Waals surface area contributed by atoms with Crippen LogP contribution in [0.25, 0.3) is 0 Å². The highest BCUT2D eigenvalue weighted by Gasteiger charge is 2.22. The molecule has 1 fully saturated rings. The Morgan fingerprint density at radius 2 is 2.15 bits per heavy atom. The van der Waals surface area contributed by atoms with Crippen LogP contribution in [0.4, 0.5) is 0 Å². The van der Waals surface area contributed by atoms with Gasteiger partial charge in [0.25, 0.3) is 0 Å². The zero-order valence-electron chi connectivity index (χ0n) is 7.91. The Hall–Kier alpha value is -0.610. The van der Waals surface area contributed by atoms with Crippen molar-refractivity contribution >= 4 is 5.84 Å². The molecule has 4 nitrogen and oxygen atoms in total. The van der Waals surface area contributed by atoms with Crippen molar-refractivity contribution in [2.24, 2.45) is 10.7 Å². The second-order valence-corrected chi connectivity index (χ2v) is 3.64. The number of amidine groups is 1. The molecule has 0 aliphatic carbocycles. The van der Waals surface area contributed by atoms with Crippen LogP contribution in [0.15, 0.2) is 4.99 Å². The molecule has 2 N–H and O–H groups in total. The second kappa shape index (κ2) is 4.07. The first-order valence-corrected chi connectivity index (χ1v) is 5.00. The Morgan fingerprint density at radius 1 is 1.38 bits per heavy atom. The topological polar surface area (TPSA) is 50.8 Å². The molecular weight excluding hydrogens is 166 g/mol. The molecule has 0 saturated carbocycles. The standard InChI is InChI=1S/C9H17N3O/c10-8-2-1-3-9(11-8)12-4-6-13-7-5-12/h9H,1-7H2,(H2,10,11). The normalized spacial score (nSPS) is 31.4. The number of hydrogen-bond acceptors (Lipinski definition) is 4. The largest absolute Gasteiger partial charge is 0.387 e. The predicted octanol–water partition coefficient (Wildman–Crippen LogP) is 0.186. The van der Waals surface area contributed by atoms with E-state index < -0.39 is 0 Å². The maximum atomic E-state index is 5.72. The van der Waals surface area contributed by atoms with Gasteiger partial charge in [0.05, 0.1) is 19.0 Å². The third kappa shape index (κ3) is 2.19. The lowest BCUT2D eigenvalue weighted by Gasteiger charge is -2.33. The highest BCUT2D eigenvalue weighted by atomic mass is 16.5. The molecule has 1 saturated heterocycles. The lowest BCUT2D eigenvalue weighted by molar-refractivity contribution is 0.0154. The summed E-state index contributed by atoms with van der Waals surface area (Å²) in [7, 11) is 0. The van der Waals surface area contributed by atoms with Gasteiger partial charge < -0.3 is 10.5 Å². The summed E-state index contributed by atoms with van der Waals surface area (Å²) in [6.45, 7) is 3.68. The van der Waals surface area contributed by atoms with Gasteiger partial charge in [-0.25, -0.2) is 0 Å². The van der Waals surface area contributed by atoms with E-state index in [2.05, 4.69) is 9.89 Å². The van der Waals surface area contributed by atoms with Gasteiger partial charge in [0.2, 0.25) is 0 Å². The van der Waals surface area contributed by atoms with E-state index in [1.54, 1.807) is 0 Å². The molecule has 2 heterocycles. The van der Waals surface area contributed by atoms with Crippen LogP contribution in [0.1, 0.15) is 19.3 Å². The van der Waals surface area contributed by atoms with Crippen LogP contribution < -0.4 is 5.73 Å². The van der Waals surface area contributed by atoms with Gasteiger partial charge in [-0.2, -0.15) is 0 Å². The zero-order valence-corrected chi connectivity index (χ0v) is 7.91. The molecular formula is C9H17N3O. The minimum atomic E-state index is 0.331. The molecule has 0 radical (unpaired) electrons. The Bertz CT molecular complexity index is 199. The monoisotopic (exact) mass is 183 g/mol. The molecule has 0 aromatic carbocycles. The number of nitrogens with zero attached hydrogens (tertiary/aromatic N) is 2. The van der Waals surface area contributed by atoms with Crippen molar-refractivity contribution in [2.45, 2.75) is 25.4 Å². The van der Waals surface area contributed by atoms with E-state index in [4.69, 9.17) is 10.5 Å². The van der Waals surface area contributed by atoms with Gasteiger partial charge in [-0.15, -0.1) is 0 Å². The van der Waals surface area contributed by atoms with Crippen LogP contribution in [0, 0.1) is 0 Å². The van der Waals surface area contributed by atoms with Gasteiger partial charge in [0, 0.05) is 19.5 Å². The number of rotatable bonds is 1. The van der Waals surface area contributed by atoms with Gasteiger partial charge >= 0.3 is 0 Å². The number of ether oxygens (including phenoxy) is 1. The van der Waals surface area contributed by atoms with Crippen molar-refractivity contribution in [3.05, 3.63) is 0 Å². The van der Waals surface area contributed by atoms with Gasteiger partial charge in [0.15, 0.2) is 0 Å². The zero-order chi connectivity index (χ0) is 9.10. The van der Waals surface area contributed by atoms with Gasteiger partial charge in [0.1, 0.15) is 6.17 Å². The molecule has 0 bridgehead atoms. The molecule has 1 atom stereocenters. The van der Waals surface area contributed by atoms with Crippen molar-refractivity contribution in [3.8, 4) is 0 Å². The molecule has 0 spiro atoms. The highest BCUT2D eigenvalue weighted by molar-refractivity contribution is 5.80. The Kier molecular flexibility index (Phi) is 2.80. The van der Waals surface area contributed by atoms with E-state index in [-0.39, 0.29) is 0 Å². The molecule has 13 heavy (non-hydrogen) atoms. The van der Waals surface area contributed by atoms with Crippen LogP contribution in [-0.4, -0.2) is 43.2 Å². The third-order valence-electron chi connectivity index (χ3n) is 2.68. The second-order valence-electron chi connectivity index (χ2n) is 3.64. The van der Waals surface area contributed by atoms with Crippen LogP contribution in [0.3, 0.4) is 0 Å². The number of nitrogens with two attached hydrogens (primary N) is 1. The van der Waals surface area contributed by atoms with Crippen molar-refractivity contribution in [1.82, 2.24) is 4.90 Å². The minimum Gasteiger partial charge on any atom is -0.387 e. The Morgan fingerprint density at radius 3 is 2.85 bits per heavy atom. The first kappa shape index (κ1) is 8.97. The summed E-state index contributed by atoms with van der Waals surface area (Å²) in [5.41, 5.74) is 5.72. The Labute approximate surface area is 78.8 Å². The molecule has 0 amide bonds. The van der Waals surface area contributed by atoms with E-state index >= 15 is 0 Å². The summed E-state index contributed by atoms with van der Waals surface area (Å²) < 4.78 is 5.30. The van der Waals surface area contributed by atoms with E-state index in [1.807, 2.05) is 0 Å². The first-order valence-electron chi connectivity index (χ1n) is 5.00. The van der Waals surface area contributed by atoms with Crippen LogP contribution >= 0.6 is 0 Å². The molecule has 74 valence electrons. The third-order valence-corrected chi connectivity index (χ3v) is 2.68. The van der Waals surface area contributed by atoms with Crippen LogP contribution in [0.5, 0.6) is 0 Å². The summed E-state index contributed by atoms with van der Waals surface area (Å²) in [5, 5.41) is 0. The van der Waals surface area contributed by atoms with Crippen LogP contribution in [-0.2, 0) is 4.74 Å². The average molecular weight is 183 g/mol. The van der Waals surface area contributed by atoms with E-state index in [1.165, 1.54) is 6.42 Å². The fourth-order valence-electron chi connectivity index (χ4n) is 1.93. The van der Waals surface area contributed by atoms with Gasteiger partial charge in [-0.3, -0.25) is 9.89 Å². The van der Waals surface area contributed by atoms with Gasteiger partial charge in [-0.05, 0) is 12.8 Å². The maximum Gasteiger partial charge on any atom is 0.104 e. The number of hydrogen-bond donors (Lipinski definition) is 1. The molecule has 0 aromatic rings. The highest BCUT2D eigenvalue weighted by Crippen LogP contribution is 2.16. The molecule has 1 unspecified atom stereocenters. The molecule has 2 rings (SSSR count). The summed E-state index contributed by atoms with van der Waals surface area (Å²) in [6.07, 6.45) is 3.64. The predicted molar refractivity (Wildman–Crippen MR) is 51.7 cm³/mol. The summed E-state index contributed by atoms with van der Waals surface area (Å²) in [5.74, 6) is 0.822. The van der Waals surface area contributed by atoms with Crippen molar-refractivity contribution in [1.29, 1.82) is 0 Å². The fraction of sp³-hybridized carbons (Fsp3) is 0.889. The quantitative estimate of drug-likeness (QED) is 0.631. The number of aliphatic imine (C=N–C) groups is 1. The first-order chi connectivity index (χ1) is 6.36. The fourth-order valence-corrected chi connectivity index (χ4v) is 1.93. The van der Waals surface area contributed by atoms with Crippen molar-refractivity contribution in [3.63, 3.8) is 0 Å². The summed E-state index contributed by atoms with van der Waals surface area (Å²) in [4.78, 5) is 6.84. The molecule has 0 aromatic heterocycles. The SMILES string of the molecule is NC1=NC(N2CCOCC2)CCC1. The van der Waals surface area contributed by atoms with E-state index in [0.29, 0.717) is 6.17 Å². The molecule has 2 aliphatic heterocycles. The molecule has 2 aliphatic rings. The lowest BCUT2D eigenvalue weighted by atomic mass is 10.1. The minimum absolute atomic E-state index is 0.331. The summed E-state index contributed by atoms with van der Waals surface area (Å²) in [6, 6.07) is 0. The summed E-state index contributed by atoms with van der Waals surface area (Å²) >= 11 is 0.